The lowest BCUT2D eigenvalue weighted by atomic mass is 9.71. The number of hydrogen-bond acceptors (Lipinski definition) is 11. The molecule has 1 aliphatic carbocycles. The minimum Gasteiger partial charge on any atom is -0.378 e. The van der Waals surface area contributed by atoms with Crippen molar-refractivity contribution in [1.29, 1.82) is 0 Å². The highest BCUT2D eigenvalue weighted by atomic mass is 79.9. The molecule has 1 saturated carbocycles. The van der Waals surface area contributed by atoms with Crippen LogP contribution in [0.15, 0.2) is 40.3 Å². The molecule has 1 saturated heterocycles. The molecule has 0 radical (unpaired) electrons. The number of carbonyl (C=O) groups excluding carboxylic acids is 2. The smallest absolute Gasteiger partial charge is 0.267 e. The summed E-state index contributed by atoms with van der Waals surface area (Å²) < 4.78 is 14.8. The van der Waals surface area contributed by atoms with Gasteiger partial charge in [-0.3, -0.25) is 9.59 Å². The fourth-order valence-electron chi connectivity index (χ4n) is 6.76. The van der Waals surface area contributed by atoms with E-state index in [1.807, 2.05) is 0 Å². The molecule has 2 fully saturated rings. The molecule has 3 aliphatic heterocycles. The Hall–Kier alpha value is -2.16. The number of nitrogens with one attached hydrogen (secondary N) is 6. The molecule has 2 aromatic rings. The van der Waals surface area contributed by atoms with E-state index in [1.165, 1.54) is 7.11 Å². The van der Waals surface area contributed by atoms with Crippen molar-refractivity contribution in [1.82, 2.24) is 31.2 Å². The Balaban J connectivity index is 1.36. The van der Waals surface area contributed by atoms with Crippen LogP contribution in [0.2, 0.25) is 0 Å². The molecule has 8 unspecified atom stereocenters. The second-order valence-electron chi connectivity index (χ2n) is 10.4. The monoisotopic (exact) mass is 838 g/mol. The highest BCUT2D eigenvalue weighted by molar-refractivity contribution is 9.13. The third kappa shape index (κ3) is 4.58. The summed E-state index contributed by atoms with van der Waals surface area (Å²) in [7, 11) is 1.52. The number of nitrogens with zero attached hydrogens (tertiary/aromatic N) is 2. The first-order valence-corrected chi connectivity index (χ1v) is 15.8. The summed E-state index contributed by atoms with van der Waals surface area (Å²) in [5.74, 6) is -2.44. The van der Waals surface area contributed by atoms with Crippen molar-refractivity contribution in [2.24, 2.45) is 39.2 Å². The van der Waals surface area contributed by atoms with E-state index < -0.39 is 47.6 Å². The van der Waals surface area contributed by atoms with Crippen LogP contribution in [0.3, 0.4) is 0 Å². The number of guanidine groups is 2. The summed E-state index contributed by atoms with van der Waals surface area (Å²) in [4.78, 5) is 41.0. The van der Waals surface area contributed by atoms with Crippen molar-refractivity contribution < 1.29 is 24.2 Å². The third-order valence-electron chi connectivity index (χ3n) is 8.25. The average Bonchev–Trinajstić information content (AvgIpc) is 3.68. The van der Waals surface area contributed by atoms with Crippen molar-refractivity contribution in [3.63, 3.8) is 0 Å². The first-order valence-electron chi connectivity index (χ1n) is 12.7. The average molecular weight is 842 g/mol. The van der Waals surface area contributed by atoms with E-state index in [-0.39, 0.29) is 36.8 Å². The molecule has 1 spiro atoms. The van der Waals surface area contributed by atoms with E-state index in [0.29, 0.717) is 29.5 Å². The number of fused-ring (bicyclic) bond motifs is 2. The van der Waals surface area contributed by atoms with E-state index >= 15 is 0 Å². The van der Waals surface area contributed by atoms with Crippen LogP contribution in [-0.2, 0) is 9.47 Å². The number of carbonyl (C=O) groups is 2. The van der Waals surface area contributed by atoms with Gasteiger partial charge in [0.2, 0.25) is 6.23 Å². The van der Waals surface area contributed by atoms with Gasteiger partial charge in [0.05, 0.1) is 24.3 Å². The molecule has 42 heavy (non-hydrogen) atoms. The highest BCUT2D eigenvalue weighted by Crippen LogP contribution is 2.58. The van der Waals surface area contributed by atoms with Gasteiger partial charge in [0, 0.05) is 32.0 Å². The number of rotatable bonds is 7. The molecule has 0 bridgehead atoms. The molecule has 226 valence electrons. The maximum absolute atomic E-state index is 13.2. The largest absolute Gasteiger partial charge is 0.378 e. The minimum absolute atomic E-state index is 0.00735. The van der Waals surface area contributed by atoms with Crippen LogP contribution in [0.4, 0.5) is 0 Å². The lowest BCUT2D eigenvalue weighted by Crippen LogP contribution is -2.76. The van der Waals surface area contributed by atoms with Crippen LogP contribution in [0, 0.1) is 17.8 Å². The zero-order valence-electron chi connectivity index (χ0n) is 21.7. The van der Waals surface area contributed by atoms with Crippen LogP contribution in [0.1, 0.15) is 21.0 Å². The van der Waals surface area contributed by atoms with Crippen molar-refractivity contribution >= 4 is 87.5 Å². The Bertz CT molecular complexity index is 1480. The maximum Gasteiger partial charge on any atom is 0.267 e. The predicted molar refractivity (Wildman–Crippen MR) is 164 cm³/mol. The van der Waals surface area contributed by atoms with Gasteiger partial charge in [-0.25, -0.2) is 9.98 Å². The maximum atomic E-state index is 13.2. The number of halogens is 4. The van der Waals surface area contributed by atoms with E-state index in [1.54, 1.807) is 12.1 Å². The van der Waals surface area contributed by atoms with Gasteiger partial charge in [-0.1, -0.05) is 0 Å². The lowest BCUT2D eigenvalue weighted by molar-refractivity contribution is -0.244. The van der Waals surface area contributed by atoms with Crippen LogP contribution in [0.25, 0.3) is 0 Å². The van der Waals surface area contributed by atoms with E-state index in [2.05, 4.69) is 105 Å². The second kappa shape index (κ2) is 10.8. The normalized spacial score (nSPS) is 34.4. The van der Waals surface area contributed by atoms with Crippen molar-refractivity contribution in [2.75, 3.05) is 20.2 Å². The van der Waals surface area contributed by atoms with Gasteiger partial charge >= 0.3 is 0 Å². The Morgan fingerprint density at radius 1 is 0.952 bits per heavy atom. The van der Waals surface area contributed by atoms with Gasteiger partial charge in [-0.15, -0.1) is 0 Å². The molecule has 2 aromatic heterocycles. The van der Waals surface area contributed by atoms with E-state index in [0.717, 1.165) is 0 Å². The third-order valence-corrected chi connectivity index (χ3v) is 11.8. The minimum atomic E-state index is -1.81. The molecular weight excluding hydrogens is 816 g/mol. The van der Waals surface area contributed by atoms with E-state index in [4.69, 9.17) is 20.9 Å². The topological polar surface area (TPSA) is 229 Å². The SMILES string of the molecule is COC1C(CNC(=O)c2cc(Br)c(Br)[nH]2)C(CNC(=O)c2cc(Br)c(Br)[nH]2)C2C3(O)NC(N)=NC3OC3N=C(N)NC312. The highest BCUT2D eigenvalue weighted by Gasteiger charge is 2.77. The molecule has 19 heteroatoms. The first kappa shape index (κ1) is 29.9. The quantitative estimate of drug-likeness (QED) is 0.188. The van der Waals surface area contributed by atoms with Gasteiger partial charge in [-0.05, 0) is 81.8 Å². The summed E-state index contributed by atoms with van der Waals surface area (Å²) >= 11 is 13.5. The van der Waals surface area contributed by atoms with Gasteiger partial charge in [0.15, 0.2) is 23.9 Å². The number of hydrogen-bond donors (Lipinski definition) is 9. The summed E-state index contributed by atoms with van der Waals surface area (Å²) in [6, 6.07) is 3.30. The van der Waals surface area contributed by atoms with Crippen LogP contribution >= 0.6 is 63.7 Å². The molecule has 2 amide bonds. The standard InChI is InChI=1S/C23H26Br4N10O5/c1-41-13-7(5-31-17(39)11-3-9(25)15(27)33-11)6(4-30-16(38)10-2-8(24)14(26)32-10)12-22(13)18(34-20(28)36-22)42-19-23(12,40)37-21(29)35-19/h2-3,6-7,12-13,18-19,32-33,40H,4-5H2,1H3,(H,30,38)(H,31,39)(H3,28,34,36)(H3,29,35,37). The van der Waals surface area contributed by atoms with E-state index in [9.17, 15) is 14.7 Å². The van der Waals surface area contributed by atoms with Gasteiger partial charge < -0.3 is 57.3 Å². The summed E-state index contributed by atoms with van der Waals surface area (Å²) in [6.45, 7) is 0.180. The molecule has 4 aliphatic rings. The zero-order chi connectivity index (χ0) is 30.1. The predicted octanol–water partition coefficient (Wildman–Crippen LogP) is 0.375. The van der Waals surface area contributed by atoms with Gasteiger partial charge in [-0.2, -0.15) is 0 Å². The van der Waals surface area contributed by atoms with Gasteiger partial charge in [0.1, 0.15) is 16.9 Å². The fraction of sp³-hybridized carbons (Fsp3) is 0.478. The van der Waals surface area contributed by atoms with Crippen LogP contribution < -0.4 is 32.7 Å². The Labute approximate surface area is 272 Å². The number of aliphatic imine (C=N–C) groups is 2. The van der Waals surface area contributed by atoms with Crippen LogP contribution in [-0.4, -0.2) is 88.8 Å². The molecule has 15 nitrogen and oxygen atoms in total. The van der Waals surface area contributed by atoms with Crippen molar-refractivity contribution in [2.45, 2.75) is 29.8 Å². The molecule has 5 heterocycles. The number of aromatic amines is 2. The second-order valence-corrected chi connectivity index (χ2v) is 13.7. The molecule has 6 rings (SSSR count). The van der Waals surface area contributed by atoms with Crippen molar-refractivity contribution in [3.05, 3.63) is 41.7 Å². The van der Waals surface area contributed by atoms with Crippen molar-refractivity contribution in [3.8, 4) is 0 Å². The number of amides is 2. The molecular formula is C23H26Br4N10O5. The lowest BCUT2D eigenvalue weighted by Gasteiger charge is -2.52. The molecule has 8 atom stereocenters. The van der Waals surface area contributed by atoms with Crippen LogP contribution in [0.5, 0.6) is 0 Å². The summed E-state index contributed by atoms with van der Waals surface area (Å²) in [5, 5.41) is 24.2. The molecule has 11 N–H and O–H groups in total. The number of aromatic nitrogens is 2. The Morgan fingerprint density at radius 2 is 1.48 bits per heavy atom. The number of H-pyrrole nitrogens is 2. The molecule has 0 aromatic carbocycles. The fourth-order valence-corrected chi connectivity index (χ4v) is 8.07. The number of aliphatic hydroxyl groups is 1. The Morgan fingerprint density at radius 3 is 2.00 bits per heavy atom. The Kier molecular flexibility index (Phi) is 7.67. The number of nitrogens with two attached hydrogens (primary N) is 2. The number of methoxy groups -OCH3 is 1. The number of ether oxygens (including phenoxy) is 2. The first-order chi connectivity index (χ1) is 19.9. The zero-order valence-corrected chi connectivity index (χ0v) is 28.0. The summed E-state index contributed by atoms with van der Waals surface area (Å²) in [6.07, 6.45) is -2.72. The summed E-state index contributed by atoms with van der Waals surface area (Å²) in [5.41, 5.74) is 9.83. The van der Waals surface area contributed by atoms with Gasteiger partial charge in [0.25, 0.3) is 11.8 Å².